The number of halogens is 1. The van der Waals surface area contributed by atoms with Crippen LogP contribution in [0.4, 0.5) is 11.4 Å². The quantitative estimate of drug-likeness (QED) is 0.686. The van der Waals surface area contributed by atoms with Crippen molar-refractivity contribution in [2.45, 2.75) is 24.2 Å². The van der Waals surface area contributed by atoms with Crippen LogP contribution in [0.15, 0.2) is 47.4 Å². The highest BCUT2D eigenvalue weighted by molar-refractivity contribution is 7.89. The van der Waals surface area contributed by atoms with Crippen molar-refractivity contribution < 1.29 is 23.1 Å². The first-order valence-corrected chi connectivity index (χ1v) is 12.2. The van der Waals surface area contributed by atoms with Gasteiger partial charge in [-0.3, -0.25) is 9.59 Å². The van der Waals surface area contributed by atoms with Gasteiger partial charge in [-0.1, -0.05) is 11.6 Å². The zero-order chi connectivity index (χ0) is 22.9. The Bertz CT molecular complexity index is 1130. The summed E-state index contributed by atoms with van der Waals surface area (Å²) in [5.74, 6) is -1.28. The fourth-order valence-electron chi connectivity index (χ4n) is 4.13. The maximum absolute atomic E-state index is 13.2. The molecule has 0 atom stereocenters. The maximum atomic E-state index is 13.2. The first-order chi connectivity index (χ1) is 15.3. The van der Waals surface area contributed by atoms with Gasteiger partial charge in [-0.05, 0) is 54.4 Å². The molecule has 2 aliphatic heterocycles. The summed E-state index contributed by atoms with van der Waals surface area (Å²) in [7, 11) is -3.65. The Kier molecular flexibility index (Phi) is 6.41. The van der Waals surface area contributed by atoms with Crippen LogP contribution in [0.1, 0.15) is 18.4 Å². The molecule has 2 aromatic rings. The van der Waals surface area contributed by atoms with Gasteiger partial charge in [0.1, 0.15) is 0 Å². The van der Waals surface area contributed by atoms with Gasteiger partial charge in [-0.15, -0.1) is 0 Å². The molecule has 0 spiro atoms. The molecule has 4 rings (SSSR count). The number of piperazine rings is 1. The lowest BCUT2D eigenvalue weighted by Gasteiger charge is -2.35. The summed E-state index contributed by atoms with van der Waals surface area (Å²) in [6.07, 6.45) is 0.244. The molecule has 1 saturated heterocycles. The SMILES string of the molecule is O=C(O)CCC(=O)N1CCc2cc(S(=O)(=O)N3CCN(c4ccc(Cl)cc4)CC3)ccc21. The van der Waals surface area contributed by atoms with Gasteiger partial charge in [0.15, 0.2) is 0 Å². The second kappa shape index (κ2) is 9.09. The van der Waals surface area contributed by atoms with Crippen molar-refractivity contribution in [3.8, 4) is 0 Å². The number of carbonyl (C=O) groups is 2. The van der Waals surface area contributed by atoms with Crippen LogP contribution in [0.5, 0.6) is 0 Å². The first-order valence-electron chi connectivity index (χ1n) is 10.4. The third-order valence-corrected chi connectivity index (χ3v) is 8.02. The number of fused-ring (bicyclic) bond motifs is 1. The number of nitrogens with zero attached hydrogens (tertiary/aromatic N) is 3. The van der Waals surface area contributed by atoms with Gasteiger partial charge in [0.25, 0.3) is 0 Å². The Morgan fingerprint density at radius 2 is 1.62 bits per heavy atom. The Morgan fingerprint density at radius 1 is 0.938 bits per heavy atom. The largest absolute Gasteiger partial charge is 0.481 e. The number of anilines is 2. The number of carbonyl (C=O) groups excluding carboxylic acids is 1. The Hall–Kier alpha value is -2.62. The summed E-state index contributed by atoms with van der Waals surface area (Å²) in [6, 6.07) is 12.3. The molecule has 0 aliphatic carbocycles. The summed E-state index contributed by atoms with van der Waals surface area (Å²) in [6.45, 7) is 2.34. The van der Waals surface area contributed by atoms with Gasteiger partial charge >= 0.3 is 5.97 Å². The lowest BCUT2D eigenvalue weighted by atomic mass is 10.2. The van der Waals surface area contributed by atoms with Gasteiger partial charge in [-0.2, -0.15) is 4.31 Å². The van der Waals surface area contributed by atoms with Crippen molar-refractivity contribution in [1.29, 1.82) is 0 Å². The Morgan fingerprint density at radius 3 is 2.28 bits per heavy atom. The molecule has 32 heavy (non-hydrogen) atoms. The molecular weight excluding hydrogens is 454 g/mol. The summed E-state index contributed by atoms with van der Waals surface area (Å²) in [4.78, 5) is 27.0. The zero-order valence-corrected chi connectivity index (χ0v) is 19.0. The summed E-state index contributed by atoms with van der Waals surface area (Å²) < 4.78 is 27.9. The lowest BCUT2D eigenvalue weighted by Crippen LogP contribution is -2.48. The van der Waals surface area contributed by atoms with Crippen LogP contribution in [0.25, 0.3) is 0 Å². The molecule has 2 aliphatic rings. The summed E-state index contributed by atoms with van der Waals surface area (Å²) >= 11 is 5.94. The van der Waals surface area contributed by atoms with E-state index >= 15 is 0 Å². The molecule has 8 nitrogen and oxygen atoms in total. The van der Waals surface area contributed by atoms with Gasteiger partial charge in [-0.25, -0.2) is 8.42 Å². The molecule has 10 heteroatoms. The van der Waals surface area contributed by atoms with E-state index in [-0.39, 0.29) is 23.6 Å². The number of benzene rings is 2. The van der Waals surface area contributed by atoms with Gasteiger partial charge in [0.05, 0.1) is 11.3 Å². The standard InChI is InChI=1S/C22H24ClN3O5S/c23-17-1-3-18(4-2-17)24-11-13-25(14-12-24)32(30,31)19-5-6-20-16(15-19)9-10-26(20)21(27)7-8-22(28)29/h1-6,15H,7-14H2,(H,28,29). The molecule has 170 valence electrons. The van der Waals surface area contributed by atoms with Crippen molar-refractivity contribution in [3.05, 3.63) is 53.1 Å². The molecule has 1 fully saturated rings. The molecule has 0 saturated carbocycles. The summed E-state index contributed by atoms with van der Waals surface area (Å²) in [5, 5.41) is 9.45. The molecule has 0 bridgehead atoms. The average molecular weight is 478 g/mol. The van der Waals surface area contributed by atoms with E-state index < -0.39 is 16.0 Å². The van der Waals surface area contributed by atoms with Crippen LogP contribution in [0, 0.1) is 0 Å². The van der Waals surface area contributed by atoms with E-state index in [1.54, 1.807) is 17.0 Å². The average Bonchev–Trinajstić information content (AvgIpc) is 3.21. The van der Waals surface area contributed by atoms with Crippen molar-refractivity contribution in [3.63, 3.8) is 0 Å². The molecule has 0 aromatic heterocycles. The smallest absolute Gasteiger partial charge is 0.303 e. The lowest BCUT2D eigenvalue weighted by molar-refractivity contribution is -0.138. The van der Waals surface area contributed by atoms with E-state index in [0.29, 0.717) is 49.9 Å². The predicted octanol–water partition coefficient (Wildman–Crippen LogP) is 2.60. The third-order valence-electron chi connectivity index (χ3n) is 5.87. The second-order valence-electron chi connectivity index (χ2n) is 7.85. The van der Waals surface area contributed by atoms with Crippen LogP contribution in [0.2, 0.25) is 5.02 Å². The minimum absolute atomic E-state index is 0.0767. The molecule has 2 aromatic carbocycles. The number of hydrogen-bond donors (Lipinski definition) is 1. The van der Waals surface area contributed by atoms with E-state index in [9.17, 15) is 18.0 Å². The number of amides is 1. The minimum atomic E-state index is -3.65. The number of carboxylic acid groups (broad SMARTS) is 1. The Labute approximate surface area is 192 Å². The van der Waals surface area contributed by atoms with E-state index in [1.165, 1.54) is 10.4 Å². The molecule has 1 amide bonds. The predicted molar refractivity (Wildman–Crippen MR) is 122 cm³/mol. The van der Waals surface area contributed by atoms with E-state index in [4.69, 9.17) is 16.7 Å². The molecule has 1 N–H and O–H groups in total. The maximum Gasteiger partial charge on any atom is 0.303 e. The van der Waals surface area contributed by atoms with Crippen LogP contribution in [-0.2, 0) is 26.0 Å². The highest BCUT2D eigenvalue weighted by Crippen LogP contribution is 2.32. The van der Waals surface area contributed by atoms with Crippen LogP contribution in [0.3, 0.4) is 0 Å². The fourth-order valence-corrected chi connectivity index (χ4v) is 5.73. The normalized spacial score (nSPS) is 16.8. The monoisotopic (exact) mass is 477 g/mol. The van der Waals surface area contributed by atoms with Gasteiger partial charge in [0, 0.05) is 55.5 Å². The number of hydrogen-bond acceptors (Lipinski definition) is 5. The number of sulfonamides is 1. The van der Waals surface area contributed by atoms with Gasteiger partial charge < -0.3 is 14.9 Å². The van der Waals surface area contributed by atoms with Crippen molar-refractivity contribution in [1.82, 2.24) is 4.31 Å². The number of carboxylic acids is 1. The van der Waals surface area contributed by atoms with Crippen molar-refractivity contribution >= 4 is 44.9 Å². The number of aliphatic carboxylic acids is 1. The van der Waals surface area contributed by atoms with Crippen molar-refractivity contribution in [2.75, 3.05) is 42.5 Å². The third kappa shape index (κ3) is 4.60. The minimum Gasteiger partial charge on any atom is -0.481 e. The molecule has 2 heterocycles. The Balaban J connectivity index is 1.44. The van der Waals surface area contributed by atoms with Gasteiger partial charge in [0.2, 0.25) is 15.9 Å². The molecule has 0 radical (unpaired) electrons. The molecular formula is C22H24ClN3O5S. The second-order valence-corrected chi connectivity index (χ2v) is 10.2. The fraction of sp³-hybridized carbons (Fsp3) is 0.364. The zero-order valence-electron chi connectivity index (χ0n) is 17.4. The topological polar surface area (TPSA) is 98.2 Å². The first kappa shape index (κ1) is 22.6. The number of rotatable bonds is 6. The van der Waals surface area contributed by atoms with E-state index in [0.717, 1.165) is 11.3 Å². The van der Waals surface area contributed by atoms with E-state index in [2.05, 4.69) is 4.90 Å². The van der Waals surface area contributed by atoms with Crippen LogP contribution < -0.4 is 9.80 Å². The highest BCUT2D eigenvalue weighted by atomic mass is 35.5. The van der Waals surface area contributed by atoms with Crippen LogP contribution >= 0.6 is 11.6 Å². The van der Waals surface area contributed by atoms with Crippen LogP contribution in [-0.4, -0.2) is 62.4 Å². The molecule has 0 unspecified atom stereocenters. The summed E-state index contributed by atoms with van der Waals surface area (Å²) in [5.41, 5.74) is 2.46. The highest BCUT2D eigenvalue weighted by Gasteiger charge is 2.31. The van der Waals surface area contributed by atoms with E-state index in [1.807, 2.05) is 24.3 Å². The van der Waals surface area contributed by atoms with Crippen molar-refractivity contribution in [2.24, 2.45) is 0 Å².